The molecule has 18 heavy (non-hydrogen) atoms. The first-order valence-corrected chi connectivity index (χ1v) is 7.20. The first kappa shape index (κ1) is 13.6. The van der Waals surface area contributed by atoms with Gasteiger partial charge in [0.25, 0.3) is 0 Å². The minimum Gasteiger partial charge on any atom is -0.383 e. The molecule has 2 aromatic rings. The van der Waals surface area contributed by atoms with Crippen LogP contribution >= 0.6 is 27.3 Å². The van der Waals surface area contributed by atoms with Gasteiger partial charge in [0.2, 0.25) is 0 Å². The zero-order valence-corrected chi connectivity index (χ0v) is 12.4. The summed E-state index contributed by atoms with van der Waals surface area (Å²) >= 11 is 5.08. The Morgan fingerprint density at radius 1 is 1.50 bits per heavy atom. The van der Waals surface area contributed by atoms with Crippen molar-refractivity contribution in [3.8, 4) is 0 Å². The Morgan fingerprint density at radius 2 is 2.39 bits per heavy atom. The van der Waals surface area contributed by atoms with Crippen LogP contribution in [-0.2, 0) is 4.74 Å². The van der Waals surface area contributed by atoms with Gasteiger partial charge >= 0.3 is 0 Å². The van der Waals surface area contributed by atoms with Crippen LogP contribution in [0.4, 0.5) is 0 Å². The van der Waals surface area contributed by atoms with Gasteiger partial charge < -0.3 is 10.1 Å². The summed E-state index contributed by atoms with van der Waals surface area (Å²) in [4.78, 5) is 8.58. The quantitative estimate of drug-likeness (QED) is 0.828. The highest BCUT2D eigenvalue weighted by Crippen LogP contribution is 2.24. The van der Waals surface area contributed by atoms with Crippen LogP contribution < -0.4 is 5.32 Å². The minimum atomic E-state index is 0.0603. The Morgan fingerprint density at radius 3 is 3.06 bits per heavy atom. The van der Waals surface area contributed by atoms with Crippen molar-refractivity contribution in [3.05, 3.63) is 45.1 Å². The van der Waals surface area contributed by atoms with Gasteiger partial charge in [0.1, 0.15) is 5.01 Å². The van der Waals surface area contributed by atoms with Crippen LogP contribution in [0.2, 0.25) is 0 Å². The maximum Gasteiger partial charge on any atom is 0.114 e. The summed E-state index contributed by atoms with van der Waals surface area (Å²) in [6.45, 7) is 1.44. The lowest BCUT2D eigenvalue weighted by molar-refractivity contribution is 0.197. The van der Waals surface area contributed by atoms with E-state index in [4.69, 9.17) is 4.74 Å². The minimum absolute atomic E-state index is 0.0603. The van der Waals surface area contributed by atoms with E-state index in [1.807, 2.05) is 17.8 Å². The maximum atomic E-state index is 5.06. The molecular formula is C12H14BrN3OS. The molecule has 2 heterocycles. The summed E-state index contributed by atoms with van der Waals surface area (Å²) in [5.74, 6) is 0. The number of thiazole rings is 1. The van der Waals surface area contributed by atoms with Gasteiger partial charge in [-0.05, 0) is 27.6 Å². The molecule has 0 bridgehead atoms. The first-order valence-electron chi connectivity index (χ1n) is 5.53. The predicted molar refractivity (Wildman–Crippen MR) is 75.8 cm³/mol. The van der Waals surface area contributed by atoms with Crippen molar-refractivity contribution >= 4 is 27.3 Å². The van der Waals surface area contributed by atoms with E-state index >= 15 is 0 Å². The average molecular weight is 328 g/mol. The van der Waals surface area contributed by atoms with Gasteiger partial charge in [-0.25, -0.2) is 4.98 Å². The Kier molecular flexibility index (Phi) is 5.25. The highest BCUT2D eigenvalue weighted by atomic mass is 79.9. The zero-order chi connectivity index (χ0) is 12.8. The second kappa shape index (κ2) is 6.94. The molecule has 0 saturated carbocycles. The average Bonchev–Trinajstić information content (AvgIpc) is 2.88. The monoisotopic (exact) mass is 327 g/mol. The molecule has 1 atom stereocenters. The third-order valence-electron chi connectivity index (χ3n) is 2.41. The predicted octanol–water partition coefficient (Wildman–Crippen LogP) is 2.63. The lowest BCUT2D eigenvalue weighted by Gasteiger charge is -2.16. The Balaban J connectivity index is 2.19. The van der Waals surface area contributed by atoms with Crippen molar-refractivity contribution in [3.63, 3.8) is 0 Å². The first-order chi connectivity index (χ1) is 8.81. The summed E-state index contributed by atoms with van der Waals surface area (Å²) in [6.07, 6.45) is 5.45. The van der Waals surface area contributed by atoms with Crippen LogP contribution in [0.15, 0.2) is 34.5 Å². The van der Waals surface area contributed by atoms with Crippen molar-refractivity contribution in [2.45, 2.75) is 6.04 Å². The van der Waals surface area contributed by atoms with E-state index in [1.54, 1.807) is 24.6 Å². The largest absolute Gasteiger partial charge is 0.383 e. The third-order valence-corrected chi connectivity index (χ3v) is 3.69. The van der Waals surface area contributed by atoms with Gasteiger partial charge in [-0.3, -0.25) is 4.98 Å². The van der Waals surface area contributed by atoms with Crippen molar-refractivity contribution < 1.29 is 4.74 Å². The Labute approximate surface area is 119 Å². The number of rotatable bonds is 6. The van der Waals surface area contributed by atoms with Crippen LogP contribution in [0.25, 0.3) is 0 Å². The van der Waals surface area contributed by atoms with Crippen molar-refractivity contribution in [1.82, 2.24) is 15.3 Å². The summed E-state index contributed by atoms with van der Waals surface area (Å²) in [5.41, 5.74) is 1.09. The number of aromatic nitrogens is 2. The molecule has 0 aliphatic heterocycles. The van der Waals surface area contributed by atoms with Crippen LogP contribution in [0.3, 0.4) is 0 Å². The number of nitrogens with one attached hydrogen (secondary N) is 1. The smallest absolute Gasteiger partial charge is 0.114 e. The van der Waals surface area contributed by atoms with Gasteiger partial charge in [0.15, 0.2) is 0 Å². The van der Waals surface area contributed by atoms with Gasteiger partial charge in [0.05, 0.1) is 12.6 Å². The molecule has 0 spiro atoms. The SMILES string of the molecule is COCCNC(c1cncc(Br)c1)c1nccs1. The van der Waals surface area contributed by atoms with E-state index in [9.17, 15) is 0 Å². The van der Waals surface area contributed by atoms with Crippen LogP contribution in [0, 0.1) is 0 Å². The van der Waals surface area contributed by atoms with E-state index in [2.05, 4.69) is 37.3 Å². The topological polar surface area (TPSA) is 47.0 Å². The second-order valence-electron chi connectivity index (χ2n) is 3.69. The zero-order valence-electron chi connectivity index (χ0n) is 9.97. The lowest BCUT2D eigenvalue weighted by atomic mass is 10.1. The van der Waals surface area contributed by atoms with Gasteiger partial charge in [-0.15, -0.1) is 11.3 Å². The molecule has 1 N–H and O–H groups in total. The number of halogens is 1. The molecule has 2 aromatic heterocycles. The normalized spacial score (nSPS) is 12.6. The molecule has 0 fully saturated rings. The molecule has 2 rings (SSSR count). The Hall–Kier alpha value is -0.820. The lowest BCUT2D eigenvalue weighted by Crippen LogP contribution is -2.26. The fraction of sp³-hybridized carbons (Fsp3) is 0.333. The Bertz CT molecular complexity index is 478. The molecule has 0 aliphatic rings. The molecular weight excluding hydrogens is 314 g/mol. The number of nitrogens with zero attached hydrogens (tertiary/aromatic N) is 2. The van der Waals surface area contributed by atoms with E-state index in [0.717, 1.165) is 21.6 Å². The molecule has 1 unspecified atom stereocenters. The summed E-state index contributed by atoms with van der Waals surface area (Å²) in [5, 5.41) is 6.44. The molecule has 96 valence electrons. The van der Waals surface area contributed by atoms with Crippen molar-refractivity contribution in [2.24, 2.45) is 0 Å². The standard InChI is InChI=1S/C12H14BrN3OS/c1-17-4-2-15-11(12-16-3-5-18-12)9-6-10(13)8-14-7-9/h3,5-8,11,15H,2,4H2,1H3. The number of ether oxygens (including phenoxy) is 1. The molecule has 0 aliphatic carbocycles. The van der Waals surface area contributed by atoms with Crippen LogP contribution in [0.1, 0.15) is 16.6 Å². The highest BCUT2D eigenvalue weighted by molar-refractivity contribution is 9.10. The molecule has 0 radical (unpaired) electrons. The number of hydrogen-bond acceptors (Lipinski definition) is 5. The van der Waals surface area contributed by atoms with Crippen LogP contribution in [-0.4, -0.2) is 30.2 Å². The molecule has 6 heteroatoms. The second-order valence-corrected chi connectivity index (χ2v) is 5.53. The molecule has 0 amide bonds. The number of pyridine rings is 1. The van der Waals surface area contributed by atoms with Gasteiger partial charge in [-0.1, -0.05) is 0 Å². The maximum absolute atomic E-state index is 5.06. The molecule has 0 saturated heterocycles. The van der Waals surface area contributed by atoms with E-state index < -0.39 is 0 Å². The summed E-state index contributed by atoms with van der Waals surface area (Å²) in [6, 6.07) is 2.11. The fourth-order valence-electron chi connectivity index (χ4n) is 1.62. The number of methoxy groups -OCH3 is 1. The third kappa shape index (κ3) is 3.58. The van der Waals surface area contributed by atoms with Gasteiger partial charge in [0, 0.05) is 42.1 Å². The number of hydrogen-bond donors (Lipinski definition) is 1. The van der Waals surface area contributed by atoms with E-state index in [-0.39, 0.29) is 6.04 Å². The van der Waals surface area contributed by atoms with Crippen molar-refractivity contribution in [2.75, 3.05) is 20.3 Å². The summed E-state index contributed by atoms with van der Waals surface area (Å²) in [7, 11) is 1.70. The molecule has 0 aromatic carbocycles. The van der Waals surface area contributed by atoms with E-state index in [0.29, 0.717) is 6.61 Å². The van der Waals surface area contributed by atoms with E-state index in [1.165, 1.54) is 0 Å². The highest BCUT2D eigenvalue weighted by Gasteiger charge is 2.16. The van der Waals surface area contributed by atoms with Crippen molar-refractivity contribution in [1.29, 1.82) is 0 Å². The fourth-order valence-corrected chi connectivity index (χ4v) is 2.74. The summed E-state index contributed by atoms with van der Waals surface area (Å²) < 4.78 is 6.03. The van der Waals surface area contributed by atoms with Crippen LogP contribution in [0.5, 0.6) is 0 Å². The van der Waals surface area contributed by atoms with Gasteiger partial charge in [-0.2, -0.15) is 0 Å². The molecule has 4 nitrogen and oxygen atoms in total.